The van der Waals surface area contributed by atoms with Gasteiger partial charge in [-0.05, 0) is 66.2 Å². The highest BCUT2D eigenvalue weighted by Crippen LogP contribution is 2.33. The fourth-order valence-corrected chi connectivity index (χ4v) is 4.80. The lowest BCUT2D eigenvalue weighted by Gasteiger charge is -2.32. The summed E-state index contributed by atoms with van der Waals surface area (Å²) in [6, 6.07) is 16.5. The molecule has 1 saturated heterocycles. The molecule has 1 fully saturated rings. The summed E-state index contributed by atoms with van der Waals surface area (Å²) in [6.07, 6.45) is -0.0839. The molecule has 1 aliphatic heterocycles. The number of carbonyl (C=O) groups excluding carboxylic acids is 2. The predicted octanol–water partition coefficient (Wildman–Crippen LogP) is 4.70. The van der Waals surface area contributed by atoms with Crippen LogP contribution in [0, 0.1) is 5.82 Å². The van der Waals surface area contributed by atoms with E-state index in [-0.39, 0.29) is 29.6 Å². The summed E-state index contributed by atoms with van der Waals surface area (Å²) >= 11 is 1.11. The molecule has 4 rings (SSSR count). The Bertz CT molecular complexity index is 1380. The Morgan fingerprint density at radius 2 is 1.74 bits per heavy atom. The Kier molecular flexibility index (Phi) is 8.27. The lowest BCUT2D eigenvalue weighted by molar-refractivity contribution is -0.129. The molecule has 0 bridgehead atoms. The van der Waals surface area contributed by atoms with Gasteiger partial charge >= 0.3 is 5.97 Å². The highest BCUT2D eigenvalue weighted by molar-refractivity contribution is 8.15. The van der Waals surface area contributed by atoms with Crippen molar-refractivity contribution in [1.29, 1.82) is 0 Å². The second kappa shape index (κ2) is 11.8. The molecule has 196 valence electrons. The number of carboxylic acids is 1. The molecule has 1 atom stereocenters. The van der Waals surface area contributed by atoms with E-state index >= 15 is 0 Å². The molecule has 3 aromatic carbocycles. The van der Waals surface area contributed by atoms with Gasteiger partial charge < -0.3 is 19.9 Å². The number of benzene rings is 3. The number of nitrogens with zero attached hydrogens (tertiary/aromatic N) is 2. The van der Waals surface area contributed by atoms with Gasteiger partial charge in [0.05, 0.1) is 32.0 Å². The van der Waals surface area contributed by atoms with Crippen LogP contribution in [0.3, 0.4) is 0 Å². The number of halogens is 1. The fraction of sp³-hybridized carbons (Fsp3) is 0.185. The fourth-order valence-electron chi connectivity index (χ4n) is 3.70. The van der Waals surface area contributed by atoms with Gasteiger partial charge in [-0.1, -0.05) is 17.8 Å². The van der Waals surface area contributed by atoms with E-state index in [1.165, 1.54) is 67.7 Å². The first-order chi connectivity index (χ1) is 18.3. The summed E-state index contributed by atoms with van der Waals surface area (Å²) in [5.74, 6) is -1.19. The van der Waals surface area contributed by atoms with Crippen molar-refractivity contribution in [3.63, 3.8) is 0 Å². The van der Waals surface area contributed by atoms with Crippen LogP contribution in [0.25, 0.3) is 0 Å². The largest absolute Gasteiger partial charge is 0.493 e. The van der Waals surface area contributed by atoms with Crippen LogP contribution in [0.2, 0.25) is 0 Å². The number of thioether (sulfide) groups is 1. The molecule has 0 spiro atoms. The molecule has 1 heterocycles. The van der Waals surface area contributed by atoms with E-state index in [2.05, 4.69) is 10.3 Å². The summed E-state index contributed by atoms with van der Waals surface area (Å²) in [5.41, 5.74) is 1.66. The lowest BCUT2D eigenvalue weighted by atomic mass is 10.1. The Morgan fingerprint density at radius 3 is 2.37 bits per heavy atom. The normalized spacial score (nSPS) is 16.3. The number of hydrogen-bond acceptors (Lipinski definition) is 7. The number of rotatable bonds is 8. The summed E-state index contributed by atoms with van der Waals surface area (Å²) in [4.78, 5) is 43.4. The third-order valence-electron chi connectivity index (χ3n) is 5.67. The van der Waals surface area contributed by atoms with E-state index in [1.807, 2.05) is 0 Å². The Balaban J connectivity index is 1.59. The van der Waals surface area contributed by atoms with Crippen LogP contribution < -0.4 is 14.8 Å². The van der Waals surface area contributed by atoms with Gasteiger partial charge in [-0.15, -0.1) is 0 Å². The number of ether oxygens (including phenoxy) is 2. The zero-order valence-corrected chi connectivity index (χ0v) is 21.3. The second-order valence-corrected chi connectivity index (χ2v) is 9.39. The molecule has 11 heteroatoms. The zero-order valence-electron chi connectivity index (χ0n) is 20.5. The maximum absolute atomic E-state index is 13.4. The van der Waals surface area contributed by atoms with E-state index in [4.69, 9.17) is 14.6 Å². The van der Waals surface area contributed by atoms with Crippen molar-refractivity contribution in [3.05, 3.63) is 83.7 Å². The van der Waals surface area contributed by atoms with Gasteiger partial charge in [0.1, 0.15) is 11.1 Å². The lowest BCUT2D eigenvalue weighted by Crippen LogP contribution is -2.44. The van der Waals surface area contributed by atoms with Crippen LogP contribution >= 0.6 is 11.8 Å². The van der Waals surface area contributed by atoms with Crippen molar-refractivity contribution < 1.29 is 33.4 Å². The number of aromatic carboxylic acids is 1. The van der Waals surface area contributed by atoms with Gasteiger partial charge in [-0.3, -0.25) is 14.5 Å². The Labute approximate surface area is 222 Å². The van der Waals surface area contributed by atoms with Crippen LogP contribution in [0.1, 0.15) is 22.3 Å². The van der Waals surface area contributed by atoms with Crippen molar-refractivity contribution in [1.82, 2.24) is 4.90 Å². The first-order valence-corrected chi connectivity index (χ1v) is 12.3. The first kappa shape index (κ1) is 26.7. The highest BCUT2D eigenvalue weighted by atomic mass is 32.2. The van der Waals surface area contributed by atoms with Gasteiger partial charge in [-0.25, -0.2) is 14.2 Å². The van der Waals surface area contributed by atoms with Crippen LogP contribution in [0.5, 0.6) is 11.5 Å². The molecule has 2 amide bonds. The van der Waals surface area contributed by atoms with Crippen molar-refractivity contribution in [2.24, 2.45) is 4.99 Å². The van der Waals surface area contributed by atoms with Crippen LogP contribution in [0.15, 0.2) is 71.7 Å². The number of aliphatic imine (C=N–C) groups is 1. The van der Waals surface area contributed by atoms with E-state index in [9.17, 15) is 18.8 Å². The van der Waals surface area contributed by atoms with E-state index in [0.717, 1.165) is 17.3 Å². The van der Waals surface area contributed by atoms with Crippen molar-refractivity contribution in [3.8, 4) is 11.5 Å². The number of anilines is 1. The Morgan fingerprint density at radius 1 is 1.05 bits per heavy atom. The quantitative estimate of drug-likeness (QED) is 0.428. The summed E-state index contributed by atoms with van der Waals surface area (Å²) in [5, 5.41) is 11.3. The van der Waals surface area contributed by atoms with Crippen molar-refractivity contribution in [2.75, 3.05) is 19.5 Å². The molecule has 3 aromatic rings. The van der Waals surface area contributed by atoms with E-state index in [1.54, 1.807) is 18.2 Å². The molecular formula is C27H24FN3O6S. The number of nitrogens with one attached hydrogen (secondary N) is 1. The average Bonchev–Trinajstić information content (AvgIpc) is 2.91. The molecule has 1 aliphatic rings. The zero-order chi connectivity index (χ0) is 27.2. The smallest absolute Gasteiger partial charge is 0.335 e. The summed E-state index contributed by atoms with van der Waals surface area (Å²) in [6.45, 7) is 0.164. The number of carboxylic acid groups (broad SMARTS) is 1. The molecule has 2 N–H and O–H groups in total. The highest BCUT2D eigenvalue weighted by Gasteiger charge is 2.36. The Hall–Kier alpha value is -4.38. The van der Waals surface area contributed by atoms with Gasteiger partial charge in [0.15, 0.2) is 16.7 Å². The molecule has 9 nitrogen and oxygen atoms in total. The van der Waals surface area contributed by atoms with Gasteiger partial charge in [0.25, 0.3) is 0 Å². The average molecular weight is 538 g/mol. The molecule has 0 aromatic heterocycles. The summed E-state index contributed by atoms with van der Waals surface area (Å²) < 4.78 is 24.1. The maximum atomic E-state index is 13.4. The third-order valence-corrected chi connectivity index (χ3v) is 6.86. The van der Waals surface area contributed by atoms with Gasteiger partial charge in [-0.2, -0.15) is 0 Å². The van der Waals surface area contributed by atoms with Gasteiger partial charge in [0.2, 0.25) is 11.8 Å². The molecule has 38 heavy (non-hydrogen) atoms. The number of hydrogen-bond donors (Lipinski definition) is 2. The monoisotopic (exact) mass is 537 g/mol. The minimum absolute atomic E-state index is 0.0839. The number of amides is 2. The first-order valence-electron chi connectivity index (χ1n) is 11.4. The van der Waals surface area contributed by atoms with Crippen LogP contribution in [-0.4, -0.2) is 52.4 Å². The standard InChI is InChI=1S/C27H24FN3O6S/c1-36-21-12-3-16(13-22(21)37-2)15-31-24(32)14-23(38-27(31)30-20-10-6-18(28)7-11-20)25(33)29-19-8-4-17(5-9-19)26(34)35/h3-13,23H,14-15H2,1-2H3,(H,29,33)(H,34,35). The van der Waals surface area contributed by atoms with Crippen LogP contribution in [-0.2, 0) is 16.1 Å². The number of methoxy groups -OCH3 is 2. The predicted molar refractivity (Wildman–Crippen MR) is 142 cm³/mol. The molecule has 0 aliphatic carbocycles. The van der Waals surface area contributed by atoms with Gasteiger partial charge in [0, 0.05) is 12.1 Å². The second-order valence-electron chi connectivity index (χ2n) is 8.22. The topological polar surface area (TPSA) is 118 Å². The van der Waals surface area contributed by atoms with Crippen molar-refractivity contribution in [2.45, 2.75) is 18.2 Å². The summed E-state index contributed by atoms with van der Waals surface area (Å²) in [7, 11) is 3.05. The third kappa shape index (κ3) is 6.30. The van der Waals surface area contributed by atoms with Crippen molar-refractivity contribution >= 4 is 46.1 Å². The van der Waals surface area contributed by atoms with E-state index < -0.39 is 22.9 Å². The number of carbonyl (C=O) groups is 3. The van der Waals surface area contributed by atoms with Crippen LogP contribution in [0.4, 0.5) is 15.8 Å². The molecule has 0 radical (unpaired) electrons. The minimum atomic E-state index is -1.08. The molecule has 1 unspecified atom stereocenters. The van der Waals surface area contributed by atoms with E-state index in [0.29, 0.717) is 22.9 Å². The SMILES string of the molecule is COc1ccc(CN2C(=O)CC(C(=O)Nc3ccc(C(=O)O)cc3)SC2=Nc2ccc(F)cc2)cc1OC. The molecule has 0 saturated carbocycles. The maximum Gasteiger partial charge on any atom is 0.335 e. The molecular weight excluding hydrogens is 513 g/mol. The minimum Gasteiger partial charge on any atom is -0.493 e. The number of amidine groups is 1.